The summed E-state index contributed by atoms with van der Waals surface area (Å²) in [6.45, 7) is 4.15. The van der Waals surface area contributed by atoms with Crippen molar-refractivity contribution < 1.29 is 14.3 Å². The molecule has 0 saturated carbocycles. The molecule has 0 saturated heterocycles. The van der Waals surface area contributed by atoms with Gasteiger partial charge in [-0.1, -0.05) is 30.4 Å². The number of amides is 1. The van der Waals surface area contributed by atoms with Crippen molar-refractivity contribution in [2.45, 2.75) is 13.8 Å². The first-order chi connectivity index (χ1) is 10.6. The Morgan fingerprint density at radius 2 is 2.14 bits per heavy atom. The maximum Gasteiger partial charge on any atom is 0.328 e. The molecule has 1 aromatic rings. The highest BCUT2D eigenvalue weighted by atomic mass is 32.2. The Balaban J connectivity index is 2.22. The lowest BCUT2D eigenvalue weighted by Crippen LogP contribution is -2.38. The van der Waals surface area contributed by atoms with Crippen molar-refractivity contribution in [1.29, 1.82) is 0 Å². The smallest absolute Gasteiger partial charge is 0.328 e. The average molecular weight is 317 g/mol. The number of rotatable bonds is 5. The second-order valence-electron chi connectivity index (χ2n) is 4.87. The maximum atomic E-state index is 12.5. The van der Waals surface area contributed by atoms with E-state index in [-0.39, 0.29) is 5.91 Å². The van der Waals surface area contributed by atoms with Crippen LogP contribution in [0.25, 0.3) is 0 Å². The van der Waals surface area contributed by atoms with Gasteiger partial charge >= 0.3 is 5.97 Å². The third kappa shape index (κ3) is 4.01. The van der Waals surface area contributed by atoms with Crippen LogP contribution in [-0.2, 0) is 9.59 Å². The Labute approximate surface area is 134 Å². The first-order valence-electron chi connectivity index (χ1n) is 7.16. The molecule has 5 heteroatoms. The summed E-state index contributed by atoms with van der Waals surface area (Å²) in [5.74, 6) is -0.505. The molecule has 2 rings (SSSR count). The van der Waals surface area contributed by atoms with Gasteiger partial charge in [0.15, 0.2) is 5.92 Å². The van der Waals surface area contributed by atoms with E-state index in [0.717, 1.165) is 11.3 Å². The van der Waals surface area contributed by atoms with E-state index in [2.05, 4.69) is 5.32 Å². The minimum absolute atomic E-state index is 0.334. The molecule has 0 bridgehead atoms. The van der Waals surface area contributed by atoms with Crippen molar-refractivity contribution in [1.82, 2.24) is 5.32 Å². The van der Waals surface area contributed by atoms with Gasteiger partial charge in [-0.15, -0.1) is 11.8 Å². The molecule has 1 amide bonds. The minimum Gasteiger partial charge on any atom is -0.425 e. The number of hydrogen-bond acceptors (Lipinski definition) is 4. The van der Waals surface area contributed by atoms with Crippen LogP contribution in [0.5, 0.6) is 5.75 Å². The fourth-order valence-corrected chi connectivity index (χ4v) is 2.81. The van der Waals surface area contributed by atoms with E-state index >= 15 is 0 Å². The van der Waals surface area contributed by atoms with Crippen molar-refractivity contribution in [3.63, 3.8) is 0 Å². The summed E-state index contributed by atoms with van der Waals surface area (Å²) >= 11 is 1.56. The number of aryl methyl sites for hydroxylation is 1. The number of carbonyl (C=O) groups excluding carboxylic acids is 2. The predicted molar refractivity (Wildman–Crippen MR) is 88.7 cm³/mol. The van der Waals surface area contributed by atoms with Gasteiger partial charge in [0.05, 0.1) is 0 Å². The van der Waals surface area contributed by atoms with Crippen LogP contribution in [0.4, 0.5) is 0 Å². The van der Waals surface area contributed by atoms with Gasteiger partial charge in [0, 0.05) is 12.3 Å². The van der Waals surface area contributed by atoms with Gasteiger partial charge < -0.3 is 10.1 Å². The van der Waals surface area contributed by atoms with E-state index in [1.807, 2.05) is 43.5 Å². The SMILES string of the molecule is CCNC(=O)C(C(=O)Oc1ccccc1C)C1=CSCC=C1. The van der Waals surface area contributed by atoms with Crippen LogP contribution in [0.15, 0.2) is 47.4 Å². The van der Waals surface area contributed by atoms with Crippen molar-refractivity contribution in [2.75, 3.05) is 12.3 Å². The van der Waals surface area contributed by atoms with Crippen LogP contribution >= 0.6 is 11.8 Å². The zero-order valence-corrected chi connectivity index (χ0v) is 13.5. The monoisotopic (exact) mass is 317 g/mol. The first kappa shape index (κ1) is 16.4. The zero-order valence-electron chi connectivity index (χ0n) is 12.7. The Kier molecular flexibility index (Phi) is 5.83. The first-order valence-corrected chi connectivity index (χ1v) is 8.21. The molecule has 1 unspecified atom stereocenters. The van der Waals surface area contributed by atoms with Gasteiger partial charge in [-0.2, -0.15) is 0 Å². The Bertz CT molecular complexity index is 622. The van der Waals surface area contributed by atoms with E-state index in [1.165, 1.54) is 0 Å². The normalized spacial score (nSPS) is 14.9. The fraction of sp³-hybridized carbons (Fsp3) is 0.294. The molecule has 0 spiro atoms. The van der Waals surface area contributed by atoms with Gasteiger partial charge in [-0.25, -0.2) is 0 Å². The number of carbonyl (C=O) groups is 2. The third-order valence-corrected chi connectivity index (χ3v) is 4.03. The molecule has 1 heterocycles. The summed E-state index contributed by atoms with van der Waals surface area (Å²) in [6, 6.07) is 7.25. The molecule has 1 aliphatic rings. The summed E-state index contributed by atoms with van der Waals surface area (Å²) in [4.78, 5) is 24.8. The minimum atomic E-state index is -0.941. The van der Waals surface area contributed by atoms with E-state index in [9.17, 15) is 9.59 Å². The molecule has 1 aliphatic heterocycles. The van der Waals surface area contributed by atoms with Crippen LogP contribution in [0, 0.1) is 12.8 Å². The zero-order chi connectivity index (χ0) is 15.9. The predicted octanol–water partition coefficient (Wildman–Crippen LogP) is 2.84. The number of esters is 1. The summed E-state index contributed by atoms with van der Waals surface area (Å²) in [7, 11) is 0. The van der Waals surface area contributed by atoms with Crippen molar-refractivity contribution in [3.05, 3.63) is 53.0 Å². The Hall–Kier alpha value is -2.01. The van der Waals surface area contributed by atoms with Gasteiger partial charge in [0.1, 0.15) is 5.75 Å². The summed E-state index contributed by atoms with van der Waals surface area (Å²) < 4.78 is 5.44. The van der Waals surface area contributed by atoms with Gasteiger partial charge in [-0.3, -0.25) is 9.59 Å². The number of benzene rings is 1. The maximum absolute atomic E-state index is 12.5. The molecule has 1 atom stereocenters. The highest BCUT2D eigenvalue weighted by molar-refractivity contribution is 8.02. The summed E-state index contributed by atoms with van der Waals surface area (Å²) in [5, 5.41) is 4.55. The number of allylic oxidation sites excluding steroid dienone is 1. The molecule has 0 aromatic heterocycles. The van der Waals surface area contributed by atoms with Crippen LogP contribution in [-0.4, -0.2) is 24.2 Å². The largest absolute Gasteiger partial charge is 0.425 e. The molecule has 0 fully saturated rings. The van der Waals surface area contributed by atoms with Crippen molar-refractivity contribution >= 4 is 23.6 Å². The van der Waals surface area contributed by atoms with E-state index in [4.69, 9.17) is 4.74 Å². The number of thioether (sulfide) groups is 1. The highest BCUT2D eigenvalue weighted by Crippen LogP contribution is 2.25. The Morgan fingerprint density at radius 3 is 2.77 bits per heavy atom. The Morgan fingerprint density at radius 1 is 1.36 bits per heavy atom. The molecule has 22 heavy (non-hydrogen) atoms. The average Bonchev–Trinajstić information content (AvgIpc) is 2.51. The van der Waals surface area contributed by atoms with Crippen LogP contribution in [0.2, 0.25) is 0 Å². The van der Waals surface area contributed by atoms with Crippen molar-refractivity contribution in [3.8, 4) is 5.75 Å². The van der Waals surface area contributed by atoms with Crippen LogP contribution in [0.3, 0.4) is 0 Å². The molecule has 116 valence electrons. The van der Waals surface area contributed by atoms with Gasteiger partial charge in [0.25, 0.3) is 0 Å². The lowest BCUT2D eigenvalue weighted by molar-refractivity contribution is -0.142. The lowest BCUT2D eigenvalue weighted by Gasteiger charge is -2.18. The van der Waals surface area contributed by atoms with Crippen LogP contribution < -0.4 is 10.1 Å². The lowest BCUT2D eigenvalue weighted by atomic mass is 9.99. The highest BCUT2D eigenvalue weighted by Gasteiger charge is 2.31. The second kappa shape index (κ2) is 7.84. The summed E-state index contributed by atoms with van der Waals surface area (Å²) in [5.41, 5.74) is 1.52. The topological polar surface area (TPSA) is 55.4 Å². The molecule has 0 radical (unpaired) electrons. The number of hydrogen-bond donors (Lipinski definition) is 1. The molecular weight excluding hydrogens is 298 g/mol. The third-order valence-electron chi connectivity index (χ3n) is 3.21. The van der Waals surface area contributed by atoms with Gasteiger partial charge in [0.2, 0.25) is 5.91 Å². The molecule has 1 N–H and O–H groups in total. The quantitative estimate of drug-likeness (QED) is 0.515. The molecule has 0 aliphatic carbocycles. The standard InChI is InChI=1S/C17H19NO3S/c1-3-18-16(19)15(13-8-6-10-22-11-13)17(20)21-14-9-5-4-7-12(14)2/h4-9,11,15H,3,10H2,1-2H3,(H,18,19). The number of para-hydroxylation sites is 1. The number of nitrogens with one attached hydrogen (secondary N) is 1. The second-order valence-corrected chi connectivity index (χ2v) is 5.77. The molecule has 4 nitrogen and oxygen atoms in total. The molecule has 1 aromatic carbocycles. The summed E-state index contributed by atoms with van der Waals surface area (Å²) in [6.07, 6.45) is 3.75. The number of ether oxygens (including phenoxy) is 1. The molecular formula is C17H19NO3S. The van der Waals surface area contributed by atoms with Gasteiger partial charge in [-0.05, 0) is 36.5 Å². The van der Waals surface area contributed by atoms with Crippen LogP contribution in [0.1, 0.15) is 12.5 Å². The fourth-order valence-electron chi connectivity index (χ4n) is 2.10. The van der Waals surface area contributed by atoms with Crippen molar-refractivity contribution in [2.24, 2.45) is 5.92 Å². The van der Waals surface area contributed by atoms with E-state index in [1.54, 1.807) is 23.9 Å². The van der Waals surface area contributed by atoms with E-state index < -0.39 is 11.9 Å². The van der Waals surface area contributed by atoms with E-state index in [0.29, 0.717) is 17.9 Å².